The maximum atomic E-state index is 13.1. The molecule has 6 nitrogen and oxygen atoms in total. The molecule has 0 aromatic heterocycles. The van der Waals surface area contributed by atoms with Gasteiger partial charge in [-0.1, -0.05) is 29.8 Å². The molecule has 1 N–H and O–H groups in total. The third-order valence-corrected chi connectivity index (χ3v) is 7.86. The molecule has 0 bridgehead atoms. The number of allylic oxidation sites excluding steroid dienone is 1. The van der Waals surface area contributed by atoms with Gasteiger partial charge in [-0.25, -0.2) is 0 Å². The van der Waals surface area contributed by atoms with E-state index in [2.05, 4.69) is 23.6 Å². The van der Waals surface area contributed by atoms with Gasteiger partial charge < -0.3 is 19.5 Å². The first-order valence-electron chi connectivity index (χ1n) is 13.9. The van der Waals surface area contributed by atoms with Crippen molar-refractivity contribution in [1.82, 2.24) is 0 Å². The normalized spacial score (nSPS) is 19.3. The third-order valence-electron chi connectivity index (χ3n) is 7.62. The van der Waals surface area contributed by atoms with Crippen molar-refractivity contribution in [3.8, 4) is 5.75 Å². The Morgan fingerprint density at radius 2 is 2.03 bits per heavy atom. The lowest BCUT2D eigenvalue weighted by atomic mass is 9.70. The molecule has 1 aliphatic heterocycles. The second kappa shape index (κ2) is 12.0. The van der Waals surface area contributed by atoms with Crippen LogP contribution in [0.5, 0.6) is 5.75 Å². The molecular formula is C32H40ClNO5. The van der Waals surface area contributed by atoms with Crippen LogP contribution in [-0.4, -0.2) is 42.3 Å². The summed E-state index contributed by atoms with van der Waals surface area (Å²) < 4.78 is 12.1. The van der Waals surface area contributed by atoms with Crippen LogP contribution < -0.4 is 9.64 Å². The Labute approximate surface area is 236 Å². The van der Waals surface area contributed by atoms with Gasteiger partial charge in [0.05, 0.1) is 24.6 Å². The number of ether oxygens (including phenoxy) is 2. The molecule has 0 unspecified atom stereocenters. The highest BCUT2D eigenvalue weighted by atomic mass is 35.5. The highest BCUT2D eigenvalue weighted by Crippen LogP contribution is 2.45. The fraction of sp³-hybridized carbons (Fsp3) is 0.500. The first-order valence-corrected chi connectivity index (χ1v) is 14.3. The number of halogens is 1. The van der Waals surface area contributed by atoms with Crippen LogP contribution in [0.25, 0.3) is 0 Å². The fourth-order valence-electron chi connectivity index (χ4n) is 5.86. The zero-order chi connectivity index (χ0) is 28.2. The molecule has 1 aliphatic carbocycles. The molecule has 0 radical (unpaired) electrons. The Kier molecular flexibility index (Phi) is 8.95. The van der Waals surface area contributed by atoms with Crippen LogP contribution in [-0.2, 0) is 26.2 Å². The summed E-state index contributed by atoms with van der Waals surface area (Å²) in [6.07, 6.45) is 7.61. The van der Waals surface area contributed by atoms with E-state index in [1.165, 1.54) is 11.1 Å². The highest BCUT2D eigenvalue weighted by molar-refractivity contribution is 6.30. The van der Waals surface area contributed by atoms with E-state index >= 15 is 0 Å². The number of anilines is 1. The Hall–Kier alpha value is -2.99. The minimum atomic E-state index is -1.05. The van der Waals surface area contributed by atoms with E-state index < -0.39 is 23.5 Å². The summed E-state index contributed by atoms with van der Waals surface area (Å²) in [7, 11) is 0. The van der Waals surface area contributed by atoms with Crippen molar-refractivity contribution >= 4 is 29.2 Å². The predicted octanol–water partition coefficient (Wildman–Crippen LogP) is 7.07. The van der Waals surface area contributed by atoms with Crippen molar-refractivity contribution in [3.63, 3.8) is 0 Å². The van der Waals surface area contributed by atoms with E-state index in [1.54, 1.807) is 26.8 Å². The van der Waals surface area contributed by atoms with Gasteiger partial charge in [-0.15, -0.1) is 6.58 Å². The van der Waals surface area contributed by atoms with Crippen LogP contribution >= 0.6 is 11.6 Å². The lowest BCUT2D eigenvalue weighted by Crippen LogP contribution is -2.46. The van der Waals surface area contributed by atoms with Crippen molar-refractivity contribution in [2.75, 3.05) is 24.6 Å². The first-order chi connectivity index (χ1) is 18.5. The van der Waals surface area contributed by atoms with Gasteiger partial charge >= 0.3 is 11.9 Å². The molecule has 1 spiro atoms. The van der Waals surface area contributed by atoms with Gasteiger partial charge in [-0.3, -0.25) is 9.59 Å². The molecule has 0 fully saturated rings. The number of fused-ring (bicyclic) bond motifs is 3. The van der Waals surface area contributed by atoms with Crippen LogP contribution in [0.15, 0.2) is 49.1 Å². The topological polar surface area (TPSA) is 76.1 Å². The number of carbonyl (C=O) groups is 2. The molecule has 1 heterocycles. The average Bonchev–Trinajstić information content (AvgIpc) is 3.01. The van der Waals surface area contributed by atoms with Gasteiger partial charge in [0.1, 0.15) is 11.4 Å². The molecule has 210 valence electrons. The number of nitrogens with zero attached hydrogens (tertiary/aromatic N) is 1. The summed E-state index contributed by atoms with van der Waals surface area (Å²) in [6.45, 7) is 11.3. The number of aliphatic carboxylic acids is 1. The number of carboxylic acid groups (broad SMARTS) is 1. The SMILES string of the molecule is C=CCCCCN1C[C@@]2(CCCc3cc(Cl)ccc32)COc2ccc([C@@H](CC(=O)O)C(=O)OC(C)(C)C)cc21. The lowest BCUT2D eigenvalue weighted by Gasteiger charge is -2.41. The smallest absolute Gasteiger partial charge is 0.314 e. The lowest BCUT2D eigenvalue weighted by molar-refractivity contribution is -0.159. The minimum absolute atomic E-state index is 0.193. The van der Waals surface area contributed by atoms with E-state index in [0.29, 0.717) is 12.2 Å². The van der Waals surface area contributed by atoms with Crippen molar-refractivity contribution < 1.29 is 24.2 Å². The van der Waals surface area contributed by atoms with E-state index in [1.807, 2.05) is 24.3 Å². The van der Waals surface area contributed by atoms with Crippen molar-refractivity contribution in [2.24, 2.45) is 0 Å². The second-order valence-corrected chi connectivity index (χ2v) is 12.3. The van der Waals surface area contributed by atoms with Gasteiger partial charge in [0, 0.05) is 23.5 Å². The summed E-state index contributed by atoms with van der Waals surface area (Å²) in [6, 6.07) is 11.8. The Morgan fingerprint density at radius 1 is 1.23 bits per heavy atom. The largest absolute Gasteiger partial charge is 0.490 e. The second-order valence-electron chi connectivity index (χ2n) is 11.8. The number of aryl methyl sites for hydroxylation is 1. The van der Waals surface area contributed by atoms with Crippen molar-refractivity contribution in [2.45, 2.75) is 82.7 Å². The fourth-order valence-corrected chi connectivity index (χ4v) is 6.06. The summed E-state index contributed by atoms with van der Waals surface area (Å²) in [5, 5.41) is 10.4. The van der Waals surface area contributed by atoms with E-state index in [0.717, 1.165) is 68.1 Å². The molecule has 4 rings (SSSR count). The minimum Gasteiger partial charge on any atom is -0.490 e. The van der Waals surface area contributed by atoms with Crippen LogP contribution in [0.2, 0.25) is 5.02 Å². The van der Waals surface area contributed by atoms with Gasteiger partial charge in [0.15, 0.2) is 0 Å². The molecule has 2 aromatic rings. The molecule has 39 heavy (non-hydrogen) atoms. The van der Waals surface area contributed by atoms with Gasteiger partial charge in [-0.2, -0.15) is 0 Å². The molecule has 2 aromatic carbocycles. The van der Waals surface area contributed by atoms with E-state index in [9.17, 15) is 14.7 Å². The molecule has 7 heteroatoms. The third kappa shape index (κ3) is 6.96. The molecular weight excluding hydrogens is 514 g/mol. The Balaban J connectivity index is 1.73. The molecule has 2 atom stereocenters. The van der Waals surface area contributed by atoms with Crippen LogP contribution in [0.4, 0.5) is 5.69 Å². The maximum Gasteiger partial charge on any atom is 0.314 e. The number of hydrogen-bond donors (Lipinski definition) is 1. The molecule has 0 saturated heterocycles. The summed E-state index contributed by atoms with van der Waals surface area (Å²) in [5.41, 5.74) is 3.17. The molecule has 0 saturated carbocycles. The molecule has 2 aliphatic rings. The number of benzene rings is 2. The van der Waals surface area contributed by atoms with Gasteiger partial charge in [-0.05, 0) is 100 Å². The van der Waals surface area contributed by atoms with Crippen LogP contribution in [0.3, 0.4) is 0 Å². The number of carboxylic acids is 1. The monoisotopic (exact) mass is 553 g/mol. The van der Waals surface area contributed by atoms with Crippen LogP contribution in [0, 0.1) is 0 Å². The molecule has 0 amide bonds. The number of esters is 1. The predicted molar refractivity (Wildman–Crippen MR) is 155 cm³/mol. The number of rotatable bonds is 9. The number of hydrogen-bond acceptors (Lipinski definition) is 5. The van der Waals surface area contributed by atoms with Gasteiger partial charge in [0.2, 0.25) is 0 Å². The van der Waals surface area contributed by atoms with Crippen molar-refractivity contribution in [1.29, 1.82) is 0 Å². The van der Waals surface area contributed by atoms with Crippen LogP contribution in [0.1, 0.15) is 81.9 Å². The summed E-state index contributed by atoms with van der Waals surface area (Å²) >= 11 is 6.36. The standard InChI is InChI=1S/C32H40ClNO5/c1-5-6-7-8-16-34-20-32(15-9-10-23-17-24(33)12-13-26(23)32)21-38-28-14-11-22(18-27(28)34)25(19-29(35)36)30(37)39-31(2,3)4/h5,11-14,17-18,25H,1,6-10,15-16,19-21H2,2-4H3,(H,35,36)/t25-,32+/m1/s1. The quantitative estimate of drug-likeness (QED) is 0.203. The average molecular weight is 554 g/mol. The van der Waals surface area contributed by atoms with E-state index in [4.69, 9.17) is 21.1 Å². The van der Waals surface area contributed by atoms with E-state index in [-0.39, 0.29) is 11.8 Å². The van der Waals surface area contributed by atoms with Gasteiger partial charge in [0.25, 0.3) is 0 Å². The number of carbonyl (C=O) groups excluding carboxylic acids is 1. The zero-order valence-electron chi connectivity index (χ0n) is 23.3. The Bertz CT molecular complexity index is 1220. The summed E-state index contributed by atoms with van der Waals surface area (Å²) in [4.78, 5) is 27.2. The van der Waals surface area contributed by atoms with Crippen molar-refractivity contribution in [3.05, 3.63) is 70.8 Å². The maximum absolute atomic E-state index is 13.1. The first kappa shape index (κ1) is 29.0. The number of unbranched alkanes of at least 4 members (excludes halogenated alkanes) is 2. The Morgan fingerprint density at radius 3 is 2.74 bits per heavy atom. The highest BCUT2D eigenvalue weighted by Gasteiger charge is 2.42. The zero-order valence-corrected chi connectivity index (χ0v) is 24.1. The summed E-state index contributed by atoms with van der Waals surface area (Å²) in [5.74, 6) is -1.75.